The zero-order valence-electron chi connectivity index (χ0n) is 11.9. The van der Waals surface area contributed by atoms with Gasteiger partial charge in [-0.2, -0.15) is 4.98 Å². The molecule has 0 fully saturated rings. The number of methoxy groups -OCH3 is 1. The van der Waals surface area contributed by atoms with E-state index in [1.807, 2.05) is 0 Å². The highest BCUT2D eigenvalue weighted by Gasteiger charge is 2.21. The first-order valence-corrected chi connectivity index (χ1v) is 8.05. The summed E-state index contributed by atoms with van der Waals surface area (Å²) in [5, 5.41) is 6.02. The summed E-state index contributed by atoms with van der Waals surface area (Å²) >= 11 is 0. The number of amides is 1. The van der Waals surface area contributed by atoms with Gasteiger partial charge in [-0.15, -0.1) is 0 Å². The number of nitrogens with zero attached hydrogens (tertiary/aromatic N) is 2. The monoisotopic (exact) mass is 325 g/mol. The van der Waals surface area contributed by atoms with Crippen molar-refractivity contribution in [2.75, 3.05) is 20.3 Å². The highest BCUT2D eigenvalue weighted by molar-refractivity contribution is 7.90. The minimum absolute atomic E-state index is 0.0688. The molecule has 9 heteroatoms. The standard InChI is InChI=1S/C13H15N3O5S/c1-20-8-7-14-12(17)13-15-11(16-21-13)9-22(18,19)10-5-3-2-4-6-10/h2-6H,7-9H2,1H3,(H,14,17). The fourth-order valence-corrected chi connectivity index (χ4v) is 2.82. The van der Waals surface area contributed by atoms with Crippen molar-refractivity contribution in [2.45, 2.75) is 10.6 Å². The third-order valence-electron chi connectivity index (χ3n) is 2.68. The Balaban J connectivity index is 2.04. The van der Waals surface area contributed by atoms with Gasteiger partial charge in [0.05, 0.1) is 11.5 Å². The van der Waals surface area contributed by atoms with Gasteiger partial charge in [0, 0.05) is 13.7 Å². The molecule has 22 heavy (non-hydrogen) atoms. The van der Waals surface area contributed by atoms with Crippen molar-refractivity contribution in [1.82, 2.24) is 15.5 Å². The second kappa shape index (κ2) is 7.14. The first-order chi connectivity index (χ1) is 10.5. The van der Waals surface area contributed by atoms with Crippen molar-refractivity contribution in [1.29, 1.82) is 0 Å². The number of carbonyl (C=O) groups is 1. The number of carbonyl (C=O) groups excluding carboxylic acids is 1. The summed E-state index contributed by atoms with van der Waals surface area (Å²) in [6, 6.07) is 7.92. The lowest BCUT2D eigenvalue weighted by molar-refractivity contribution is 0.0893. The van der Waals surface area contributed by atoms with Crippen LogP contribution in [-0.4, -0.2) is 44.7 Å². The summed E-state index contributed by atoms with van der Waals surface area (Å²) < 4.78 is 33.9. The third kappa shape index (κ3) is 4.12. The van der Waals surface area contributed by atoms with Gasteiger partial charge in [-0.3, -0.25) is 4.79 Å². The van der Waals surface area contributed by atoms with Gasteiger partial charge in [0.1, 0.15) is 5.75 Å². The minimum Gasteiger partial charge on any atom is -0.383 e. The zero-order chi connectivity index (χ0) is 16.0. The Morgan fingerprint density at radius 1 is 1.32 bits per heavy atom. The molecule has 118 valence electrons. The van der Waals surface area contributed by atoms with Gasteiger partial charge in [0.15, 0.2) is 15.7 Å². The maximum absolute atomic E-state index is 12.2. The molecule has 0 aliphatic rings. The van der Waals surface area contributed by atoms with Gasteiger partial charge >= 0.3 is 11.8 Å². The number of aromatic nitrogens is 2. The van der Waals surface area contributed by atoms with Crippen molar-refractivity contribution in [3.8, 4) is 0 Å². The van der Waals surface area contributed by atoms with Crippen molar-refractivity contribution >= 4 is 15.7 Å². The van der Waals surface area contributed by atoms with Crippen molar-refractivity contribution in [3.05, 3.63) is 42.0 Å². The Bertz CT molecular complexity index is 727. The third-order valence-corrected chi connectivity index (χ3v) is 4.30. The van der Waals surface area contributed by atoms with E-state index in [0.717, 1.165) is 0 Å². The Morgan fingerprint density at radius 2 is 2.05 bits per heavy atom. The Hall–Kier alpha value is -2.26. The average molecular weight is 325 g/mol. The molecule has 0 aliphatic carbocycles. The molecule has 1 N–H and O–H groups in total. The molecule has 0 saturated carbocycles. The quantitative estimate of drug-likeness (QED) is 0.734. The van der Waals surface area contributed by atoms with Crippen LogP contribution in [0.3, 0.4) is 0 Å². The van der Waals surface area contributed by atoms with Gasteiger partial charge < -0.3 is 14.6 Å². The van der Waals surface area contributed by atoms with Crippen LogP contribution in [0, 0.1) is 0 Å². The van der Waals surface area contributed by atoms with Crippen LogP contribution in [0.4, 0.5) is 0 Å². The van der Waals surface area contributed by atoms with Gasteiger partial charge in [-0.25, -0.2) is 8.42 Å². The average Bonchev–Trinajstić information content (AvgIpc) is 2.96. The molecule has 0 aliphatic heterocycles. The fraction of sp³-hybridized carbons (Fsp3) is 0.308. The number of rotatable bonds is 7. The molecular formula is C13H15N3O5S. The van der Waals surface area contributed by atoms with E-state index in [9.17, 15) is 13.2 Å². The zero-order valence-corrected chi connectivity index (χ0v) is 12.7. The van der Waals surface area contributed by atoms with Gasteiger partial charge in [-0.05, 0) is 12.1 Å². The van der Waals surface area contributed by atoms with Crippen molar-refractivity contribution < 1.29 is 22.5 Å². The summed E-state index contributed by atoms with van der Waals surface area (Å²) in [5.74, 6) is -1.37. The van der Waals surface area contributed by atoms with E-state index in [0.29, 0.717) is 6.61 Å². The van der Waals surface area contributed by atoms with E-state index in [4.69, 9.17) is 9.26 Å². The lowest BCUT2D eigenvalue weighted by Crippen LogP contribution is -2.27. The van der Waals surface area contributed by atoms with Crippen LogP contribution in [-0.2, 0) is 20.3 Å². The van der Waals surface area contributed by atoms with Crippen LogP contribution in [0.1, 0.15) is 16.5 Å². The largest absolute Gasteiger partial charge is 0.383 e. The lowest BCUT2D eigenvalue weighted by atomic mass is 10.4. The summed E-state index contributed by atoms with van der Waals surface area (Å²) in [7, 11) is -2.08. The second-order valence-corrected chi connectivity index (χ2v) is 6.33. The van der Waals surface area contributed by atoms with Crippen LogP contribution in [0.5, 0.6) is 0 Å². The normalized spacial score (nSPS) is 11.3. The van der Waals surface area contributed by atoms with E-state index >= 15 is 0 Å². The van der Waals surface area contributed by atoms with Gasteiger partial charge in [-0.1, -0.05) is 23.4 Å². The number of sulfone groups is 1. The Labute approximate surface area is 127 Å². The Morgan fingerprint density at radius 3 is 2.73 bits per heavy atom. The van der Waals surface area contributed by atoms with E-state index in [-0.39, 0.29) is 23.2 Å². The molecule has 1 aromatic heterocycles. The van der Waals surface area contributed by atoms with Crippen LogP contribution >= 0.6 is 0 Å². The highest BCUT2D eigenvalue weighted by atomic mass is 32.2. The number of nitrogens with one attached hydrogen (secondary N) is 1. The molecule has 0 bridgehead atoms. The first-order valence-electron chi connectivity index (χ1n) is 6.40. The summed E-state index contributed by atoms with van der Waals surface area (Å²) in [6.07, 6.45) is 0. The molecular weight excluding hydrogens is 310 g/mol. The fourth-order valence-electron chi connectivity index (χ4n) is 1.63. The van der Waals surface area contributed by atoms with E-state index < -0.39 is 21.5 Å². The van der Waals surface area contributed by atoms with E-state index in [1.165, 1.54) is 19.2 Å². The molecule has 1 aromatic carbocycles. The molecule has 0 radical (unpaired) electrons. The van der Waals surface area contributed by atoms with Crippen LogP contribution in [0.25, 0.3) is 0 Å². The predicted molar refractivity (Wildman–Crippen MR) is 75.8 cm³/mol. The van der Waals surface area contributed by atoms with Crippen LogP contribution < -0.4 is 5.32 Å². The predicted octanol–water partition coefficient (Wildman–Crippen LogP) is 0.420. The van der Waals surface area contributed by atoms with Gasteiger partial charge in [0.25, 0.3) is 0 Å². The van der Waals surface area contributed by atoms with Crippen molar-refractivity contribution in [3.63, 3.8) is 0 Å². The number of hydrogen-bond acceptors (Lipinski definition) is 7. The number of ether oxygens (including phenoxy) is 1. The smallest absolute Gasteiger partial charge is 0.315 e. The van der Waals surface area contributed by atoms with E-state index in [1.54, 1.807) is 18.2 Å². The second-order valence-electron chi connectivity index (χ2n) is 4.34. The Kier molecular flexibility index (Phi) is 5.23. The number of benzene rings is 1. The molecule has 2 aromatic rings. The molecule has 0 unspecified atom stereocenters. The van der Waals surface area contributed by atoms with E-state index in [2.05, 4.69) is 15.5 Å². The van der Waals surface area contributed by atoms with Crippen molar-refractivity contribution in [2.24, 2.45) is 0 Å². The summed E-state index contributed by atoms with van der Waals surface area (Å²) in [6.45, 7) is 0.629. The SMILES string of the molecule is COCCNC(=O)c1nc(CS(=O)(=O)c2ccccc2)no1. The molecule has 0 saturated heterocycles. The molecule has 0 atom stereocenters. The van der Waals surface area contributed by atoms with Gasteiger partial charge in [0.2, 0.25) is 0 Å². The van der Waals surface area contributed by atoms with Crippen LogP contribution in [0.2, 0.25) is 0 Å². The molecule has 2 rings (SSSR count). The highest BCUT2D eigenvalue weighted by Crippen LogP contribution is 2.14. The first kappa shape index (κ1) is 16.1. The number of hydrogen-bond donors (Lipinski definition) is 1. The van der Waals surface area contributed by atoms with Crippen LogP contribution in [0.15, 0.2) is 39.8 Å². The topological polar surface area (TPSA) is 111 Å². The molecule has 1 heterocycles. The molecule has 8 nitrogen and oxygen atoms in total. The lowest BCUT2D eigenvalue weighted by Gasteiger charge is -2.00. The molecule has 1 amide bonds. The molecule has 0 spiro atoms. The maximum atomic E-state index is 12.2. The minimum atomic E-state index is -3.58. The summed E-state index contributed by atoms with van der Waals surface area (Å²) in [5.41, 5.74) is 0. The maximum Gasteiger partial charge on any atom is 0.315 e. The summed E-state index contributed by atoms with van der Waals surface area (Å²) in [4.78, 5) is 15.6.